The van der Waals surface area contributed by atoms with E-state index in [1.165, 1.54) is 24.3 Å². The molecule has 0 amide bonds. The van der Waals surface area contributed by atoms with E-state index in [9.17, 15) is 28.6 Å². The quantitative estimate of drug-likeness (QED) is 0.589. The number of nitrogens with zero attached hydrogens (tertiary/aromatic N) is 2. The monoisotopic (exact) mass is 365 g/mol. The van der Waals surface area contributed by atoms with E-state index in [4.69, 9.17) is 0 Å². The number of nitrogens with one attached hydrogen (secondary N) is 1. The van der Waals surface area contributed by atoms with Crippen molar-refractivity contribution in [1.29, 1.82) is 0 Å². The van der Waals surface area contributed by atoms with Crippen LogP contribution < -0.4 is 5.32 Å². The van der Waals surface area contributed by atoms with Gasteiger partial charge in [0.05, 0.1) is 20.4 Å². The van der Waals surface area contributed by atoms with Crippen molar-refractivity contribution < 1.29 is 18.3 Å². The number of nitro benzene ring substituents is 2. The number of non-ortho nitro benzene ring substituents is 2. The van der Waals surface area contributed by atoms with Gasteiger partial charge in [0.15, 0.2) is 9.84 Å². The van der Waals surface area contributed by atoms with Gasteiger partial charge < -0.3 is 5.32 Å². The Morgan fingerprint density at radius 1 is 0.960 bits per heavy atom. The van der Waals surface area contributed by atoms with E-state index in [0.29, 0.717) is 13.0 Å². The Morgan fingerprint density at radius 2 is 1.52 bits per heavy atom. The highest BCUT2D eigenvalue weighted by Gasteiger charge is 2.18. The first-order valence-corrected chi connectivity index (χ1v) is 9.03. The Hall–Kier alpha value is -3.01. The summed E-state index contributed by atoms with van der Waals surface area (Å²) in [5.74, 6) is 0. The Kier molecular flexibility index (Phi) is 5.32. The van der Waals surface area contributed by atoms with Crippen molar-refractivity contribution in [3.8, 4) is 0 Å². The number of rotatable bonds is 7. The third-order valence-electron chi connectivity index (χ3n) is 3.45. The van der Waals surface area contributed by atoms with Gasteiger partial charge in [0, 0.05) is 37.1 Å². The minimum absolute atomic E-state index is 0.00793. The van der Waals surface area contributed by atoms with Gasteiger partial charge in [-0.15, -0.1) is 0 Å². The largest absolute Gasteiger partial charge is 0.384 e. The van der Waals surface area contributed by atoms with Crippen molar-refractivity contribution in [2.24, 2.45) is 0 Å². The molecule has 0 saturated heterocycles. The van der Waals surface area contributed by atoms with Crippen LogP contribution in [-0.4, -0.2) is 31.1 Å². The number of benzene rings is 2. The number of hydrogen-bond acceptors (Lipinski definition) is 7. The minimum atomic E-state index is -3.64. The third-order valence-corrected chi connectivity index (χ3v) is 4.59. The lowest BCUT2D eigenvalue weighted by Gasteiger charge is -2.11. The molecule has 0 spiro atoms. The first-order valence-electron chi connectivity index (χ1n) is 7.14. The Bertz CT molecular complexity index is 909. The number of hydrogen-bond donors (Lipinski definition) is 1. The van der Waals surface area contributed by atoms with Crippen LogP contribution in [0.3, 0.4) is 0 Å². The molecular weight excluding hydrogens is 350 g/mol. The maximum absolute atomic E-state index is 11.8. The van der Waals surface area contributed by atoms with Crippen molar-refractivity contribution in [3.05, 3.63) is 68.3 Å². The average molecular weight is 365 g/mol. The fourth-order valence-corrected chi connectivity index (χ4v) is 3.08. The van der Waals surface area contributed by atoms with Crippen LogP contribution in [0.1, 0.15) is 5.56 Å². The summed E-state index contributed by atoms with van der Waals surface area (Å²) in [6.07, 6.45) is 1.48. The van der Waals surface area contributed by atoms with Gasteiger partial charge in [0.1, 0.15) is 0 Å². The van der Waals surface area contributed by atoms with Crippen molar-refractivity contribution in [3.63, 3.8) is 0 Å². The average Bonchev–Trinajstić information content (AvgIpc) is 2.54. The summed E-state index contributed by atoms with van der Waals surface area (Å²) in [6.45, 7) is 0.359. The van der Waals surface area contributed by atoms with Gasteiger partial charge in [0.2, 0.25) is 0 Å². The smallest absolute Gasteiger partial charge is 0.270 e. The fourth-order valence-electron chi connectivity index (χ4n) is 2.20. The molecule has 0 aliphatic heterocycles. The van der Waals surface area contributed by atoms with Crippen LogP contribution in [0.25, 0.3) is 0 Å². The summed E-state index contributed by atoms with van der Waals surface area (Å²) < 4.78 is 23.7. The summed E-state index contributed by atoms with van der Waals surface area (Å²) in [5, 5.41) is 24.4. The molecule has 0 atom stereocenters. The van der Waals surface area contributed by atoms with E-state index in [-0.39, 0.29) is 22.0 Å². The minimum Gasteiger partial charge on any atom is -0.384 e. The first kappa shape index (κ1) is 18.3. The van der Waals surface area contributed by atoms with E-state index < -0.39 is 19.7 Å². The summed E-state index contributed by atoms with van der Waals surface area (Å²) in [4.78, 5) is 20.1. The summed E-state index contributed by atoms with van der Waals surface area (Å²) in [5.41, 5.74) is 0.795. The van der Waals surface area contributed by atoms with Crippen molar-refractivity contribution >= 4 is 26.9 Å². The normalized spacial score (nSPS) is 11.1. The van der Waals surface area contributed by atoms with Crippen molar-refractivity contribution in [2.45, 2.75) is 11.3 Å². The number of sulfone groups is 1. The molecule has 0 aliphatic carbocycles. The topological polar surface area (TPSA) is 132 Å². The van der Waals surface area contributed by atoms with Gasteiger partial charge in [-0.2, -0.15) is 0 Å². The summed E-state index contributed by atoms with van der Waals surface area (Å²) in [7, 11) is -3.64. The second-order valence-electron chi connectivity index (χ2n) is 5.31. The van der Waals surface area contributed by atoms with Gasteiger partial charge >= 0.3 is 0 Å². The van der Waals surface area contributed by atoms with Crippen LogP contribution in [0.4, 0.5) is 17.1 Å². The zero-order valence-electron chi connectivity index (χ0n) is 13.2. The van der Waals surface area contributed by atoms with Crippen LogP contribution >= 0.6 is 0 Å². The summed E-state index contributed by atoms with van der Waals surface area (Å²) >= 11 is 0. The molecular formula is C15H15N3O6S. The molecule has 2 aromatic carbocycles. The molecule has 0 radical (unpaired) electrons. The highest BCUT2D eigenvalue weighted by Crippen LogP contribution is 2.26. The Labute approximate surface area is 143 Å². The van der Waals surface area contributed by atoms with Crippen LogP contribution in [-0.2, 0) is 16.3 Å². The predicted octanol–water partition coefficient (Wildman–Crippen LogP) is 2.56. The second-order valence-corrected chi connectivity index (χ2v) is 7.29. The van der Waals surface area contributed by atoms with Crippen molar-refractivity contribution in [2.75, 3.05) is 18.1 Å². The third kappa shape index (κ3) is 4.73. The van der Waals surface area contributed by atoms with Crippen LogP contribution in [0, 0.1) is 20.2 Å². The molecule has 0 fully saturated rings. The molecule has 0 unspecified atom stereocenters. The highest BCUT2D eigenvalue weighted by molar-refractivity contribution is 7.90. The summed E-state index contributed by atoms with van der Waals surface area (Å²) in [6, 6.07) is 9.61. The predicted molar refractivity (Wildman–Crippen MR) is 91.5 cm³/mol. The maximum Gasteiger partial charge on any atom is 0.270 e. The molecule has 0 aromatic heterocycles. The number of anilines is 1. The highest BCUT2D eigenvalue weighted by atomic mass is 32.2. The molecule has 0 bridgehead atoms. The first-order chi connectivity index (χ1) is 11.7. The van der Waals surface area contributed by atoms with Gasteiger partial charge in [-0.3, -0.25) is 20.2 Å². The van der Waals surface area contributed by atoms with Crippen LogP contribution in [0.2, 0.25) is 0 Å². The van der Waals surface area contributed by atoms with E-state index in [1.54, 1.807) is 12.1 Å². The molecule has 0 heterocycles. The van der Waals surface area contributed by atoms with E-state index in [0.717, 1.165) is 17.9 Å². The van der Waals surface area contributed by atoms with Crippen molar-refractivity contribution in [1.82, 2.24) is 0 Å². The van der Waals surface area contributed by atoms with Gasteiger partial charge in [-0.25, -0.2) is 8.42 Å². The Morgan fingerprint density at radius 3 is 2.04 bits per heavy atom. The van der Waals surface area contributed by atoms with E-state index in [2.05, 4.69) is 5.32 Å². The van der Waals surface area contributed by atoms with E-state index in [1.807, 2.05) is 0 Å². The number of nitro groups is 2. The molecule has 0 aliphatic rings. The maximum atomic E-state index is 11.8. The van der Waals surface area contributed by atoms with E-state index >= 15 is 0 Å². The van der Waals surface area contributed by atoms with Crippen LogP contribution in [0.5, 0.6) is 0 Å². The Balaban J connectivity index is 2.12. The van der Waals surface area contributed by atoms with Gasteiger partial charge in [0.25, 0.3) is 11.4 Å². The molecule has 0 saturated carbocycles. The molecule has 9 nitrogen and oxygen atoms in total. The van der Waals surface area contributed by atoms with Crippen LogP contribution in [0.15, 0.2) is 47.4 Å². The lowest BCUT2D eigenvalue weighted by Crippen LogP contribution is -2.10. The zero-order valence-corrected chi connectivity index (χ0v) is 14.0. The molecule has 10 heteroatoms. The molecule has 25 heavy (non-hydrogen) atoms. The molecule has 2 aromatic rings. The SMILES string of the molecule is CS(=O)(=O)c1cc([N+](=O)[O-])ccc1NCCc1ccc([N+](=O)[O-])cc1. The second kappa shape index (κ2) is 7.26. The fraction of sp³-hybridized carbons (Fsp3) is 0.200. The molecule has 2 rings (SSSR count). The molecule has 132 valence electrons. The molecule has 1 N–H and O–H groups in total. The van der Waals surface area contributed by atoms with Gasteiger partial charge in [-0.1, -0.05) is 12.1 Å². The van der Waals surface area contributed by atoms with Gasteiger partial charge in [-0.05, 0) is 18.1 Å². The standard InChI is InChI=1S/C15H15N3O6S/c1-25(23,24)15-10-13(18(21)22)6-7-14(15)16-9-8-11-2-4-12(5-3-11)17(19)20/h2-7,10,16H,8-9H2,1H3. The lowest BCUT2D eigenvalue weighted by molar-refractivity contribution is -0.385. The lowest BCUT2D eigenvalue weighted by atomic mass is 10.1. The zero-order chi connectivity index (χ0) is 18.6.